The monoisotopic (exact) mass is 374 g/mol. The minimum absolute atomic E-state index is 0.183. The van der Waals surface area contributed by atoms with Crippen LogP contribution in [0.4, 0.5) is 10.1 Å². The number of rotatable bonds is 5. The van der Waals surface area contributed by atoms with Gasteiger partial charge in [-0.2, -0.15) is 0 Å². The van der Waals surface area contributed by atoms with Crippen LogP contribution in [0.15, 0.2) is 41.4 Å². The summed E-state index contributed by atoms with van der Waals surface area (Å²) in [5, 5.41) is 0.428. The van der Waals surface area contributed by atoms with Gasteiger partial charge >= 0.3 is 0 Å². The molecule has 0 aromatic heterocycles. The van der Waals surface area contributed by atoms with Crippen molar-refractivity contribution in [2.75, 3.05) is 20.2 Å². The van der Waals surface area contributed by atoms with E-state index in [-0.39, 0.29) is 12.4 Å². The van der Waals surface area contributed by atoms with Gasteiger partial charge in [-0.3, -0.25) is 4.79 Å². The summed E-state index contributed by atoms with van der Waals surface area (Å²) in [7, 11) is 2.01. The summed E-state index contributed by atoms with van der Waals surface area (Å²) in [5.74, 6) is 0.689. The van der Waals surface area contributed by atoms with E-state index in [4.69, 9.17) is 16.3 Å². The van der Waals surface area contributed by atoms with Gasteiger partial charge in [0.25, 0.3) is 0 Å². The van der Waals surface area contributed by atoms with E-state index in [0.717, 1.165) is 30.8 Å². The molecule has 0 unspecified atom stereocenters. The molecule has 0 bridgehead atoms. The first-order valence-electron chi connectivity index (χ1n) is 8.44. The highest BCUT2D eigenvalue weighted by atomic mass is 35.5. The Balaban J connectivity index is 1.76. The standard InChI is InChI=1S/C20H20ClFN2O2/c1-13-9-18(23-20-7-4-8-24(20)2)17(21)11-16(13)19(25)12-26-15-6-3-5-14(22)10-15/h3,5-6,9-11H,4,7-8,12H2,1-2H3. The fourth-order valence-corrected chi connectivity index (χ4v) is 3.12. The molecule has 3 rings (SSSR count). The predicted octanol–water partition coefficient (Wildman–Crippen LogP) is 4.80. The Kier molecular flexibility index (Phi) is 5.57. The number of carbonyl (C=O) groups excluding carboxylic acids is 1. The molecule has 136 valence electrons. The van der Waals surface area contributed by atoms with E-state index in [2.05, 4.69) is 9.89 Å². The van der Waals surface area contributed by atoms with E-state index in [1.807, 2.05) is 20.0 Å². The van der Waals surface area contributed by atoms with E-state index in [0.29, 0.717) is 22.0 Å². The van der Waals surface area contributed by atoms with Crippen LogP contribution < -0.4 is 4.74 Å². The highest BCUT2D eigenvalue weighted by Gasteiger charge is 2.17. The molecule has 0 amide bonds. The molecule has 0 aliphatic carbocycles. The molecule has 0 saturated carbocycles. The maximum Gasteiger partial charge on any atom is 0.200 e. The molecule has 1 fully saturated rings. The molecule has 6 heteroatoms. The van der Waals surface area contributed by atoms with Crippen LogP contribution in [0.5, 0.6) is 5.75 Å². The number of likely N-dealkylation sites (tertiary alicyclic amines) is 1. The summed E-state index contributed by atoms with van der Waals surface area (Å²) in [6.07, 6.45) is 2.01. The van der Waals surface area contributed by atoms with Gasteiger partial charge in [-0.25, -0.2) is 9.38 Å². The van der Waals surface area contributed by atoms with Crippen molar-refractivity contribution >= 4 is 28.9 Å². The number of nitrogens with zero attached hydrogens (tertiary/aromatic N) is 2. The number of hydrogen-bond donors (Lipinski definition) is 0. The largest absolute Gasteiger partial charge is 0.485 e. The van der Waals surface area contributed by atoms with Crippen LogP contribution in [0.2, 0.25) is 5.02 Å². The summed E-state index contributed by atoms with van der Waals surface area (Å²) >= 11 is 6.34. The van der Waals surface area contributed by atoms with Crippen LogP contribution in [0.3, 0.4) is 0 Å². The Labute approximate surface area is 157 Å². The molecule has 1 saturated heterocycles. The molecule has 1 aliphatic rings. The van der Waals surface area contributed by atoms with Crippen molar-refractivity contribution < 1.29 is 13.9 Å². The van der Waals surface area contributed by atoms with Crippen molar-refractivity contribution in [1.29, 1.82) is 0 Å². The molecule has 2 aromatic carbocycles. The number of benzene rings is 2. The minimum Gasteiger partial charge on any atom is -0.485 e. The van der Waals surface area contributed by atoms with Crippen LogP contribution in [-0.2, 0) is 0 Å². The van der Waals surface area contributed by atoms with Gasteiger partial charge in [0.1, 0.15) is 17.4 Å². The normalized spacial score (nSPS) is 15.5. The Bertz CT molecular complexity index is 867. The summed E-state index contributed by atoms with van der Waals surface area (Å²) in [4.78, 5) is 19.2. The maximum absolute atomic E-state index is 13.2. The first-order chi connectivity index (χ1) is 12.4. The summed E-state index contributed by atoms with van der Waals surface area (Å²) in [6, 6.07) is 9.14. The predicted molar refractivity (Wildman–Crippen MR) is 101 cm³/mol. The lowest BCUT2D eigenvalue weighted by molar-refractivity contribution is 0.0920. The SMILES string of the molecule is Cc1cc(N=C2CCCN2C)c(Cl)cc1C(=O)COc1cccc(F)c1. The van der Waals surface area contributed by atoms with E-state index < -0.39 is 5.82 Å². The number of aliphatic imine (C=N–C) groups is 1. The molecule has 1 aliphatic heterocycles. The van der Waals surface area contributed by atoms with Gasteiger partial charge < -0.3 is 9.64 Å². The lowest BCUT2D eigenvalue weighted by Gasteiger charge is -2.13. The lowest BCUT2D eigenvalue weighted by atomic mass is 10.0. The Morgan fingerprint density at radius 2 is 2.15 bits per heavy atom. The Hall–Kier alpha value is -2.40. The average Bonchev–Trinajstić information content (AvgIpc) is 3.00. The van der Waals surface area contributed by atoms with Crippen molar-refractivity contribution in [1.82, 2.24) is 4.90 Å². The van der Waals surface area contributed by atoms with E-state index in [1.165, 1.54) is 18.2 Å². The molecule has 0 spiro atoms. The number of ketones is 1. The number of carbonyl (C=O) groups is 1. The molecule has 1 heterocycles. The third kappa shape index (κ3) is 4.22. The smallest absolute Gasteiger partial charge is 0.200 e. The molecule has 0 atom stereocenters. The third-order valence-corrected chi connectivity index (χ3v) is 4.65. The topological polar surface area (TPSA) is 41.9 Å². The van der Waals surface area contributed by atoms with Gasteiger partial charge in [0, 0.05) is 31.6 Å². The Morgan fingerprint density at radius 1 is 1.35 bits per heavy atom. The highest BCUT2D eigenvalue weighted by molar-refractivity contribution is 6.33. The second-order valence-electron chi connectivity index (χ2n) is 6.34. The van der Waals surface area contributed by atoms with Crippen molar-refractivity contribution in [2.45, 2.75) is 19.8 Å². The summed E-state index contributed by atoms with van der Waals surface area (Å²) in [6.45, 7) is 2.65. The first kappa shape index (κ1) is 18.4. The van der Waals surface area contributed by atoms with E-state index >= 15 is 0 Å². The van der Waals surface area contributed by atoms with Crippen molar-refractivity contribution in [3.63, 3.8) is 0 Å². The first-order valence-corrected chi connectivity index (χ1v) is 8.82. The average molecular weight is 375 g/mol. The van der Waals surface area contributed by atoms with Gasteiger partial charge in [-0.15, -0.1) is 0 Å². The van der Waals surface area contributed by atoms with Crippen LogP contribution >= 0.6 is 11.6 Å². The number of aryl methyl sites for hydroxylation is 1. The van der Waals surface area contributed by atoms with Gasteiger partial charge in [-0.05, 0) is 43.2 Å². The third-order valence-electron chi connectivity index (χ3n) is 4.34. The van der Waals surface area contributed by atoms with Gasteiger partial charge in [0.05, 0.1) is 10.7 Å². The fraction of sp³-hybridized carbons (Fsp3) is 0.300. The molecular weight excluding hydrogens is 355 g/mol. The number of hydrogen-bond acceptors (Lipinski definition) is 3. The van der Waals surface area contributed by atoms with Crippen LogP contribution in [0.25, 0.3) is 0 Å². The van der Waals surface area contributed by atoms with Gasteiger partial charge in [-0.1, -0.05) is 17.7 Å². The second kappa shape index (κ2) is 7.87. The lowest BCUT2D eigenvalue weighted by Crippen LogP contribution is -2.18. The zero-order chi connectivity index (χ0) is 18.7. The molecule has 2 aromatic rings. The minimum atomic E-state index is -0.408. The summed E-state index contributed by atoms with van der Waals surface area (Å²) < 4.78 is 18.6. The molecule has 4 nitrogen and oxygen atoms in total. The maximum atomic E-state index is 13.2. The van der Waals surface area contributed by atoms with Gasteiger partial charge in [0.15, 0.2) is 6.61 Å². The second-order valence-corrected chi connectivity index (χ2v) is 6.75. The van der Waals surface area contributed by atoms with Crippen molar-refractivity contribution in [3.05, 3.63) is 58.4 Å². The molecule has 0 radical (unpaired) electrons. The van der Waals surface area contributed by atoms with Crippen molar-refractivity contribution in [2.24, 2.45) is 4.99 Å². The Morgan fingerprint density at radius 3 is 2.85 bits per heavy atom. The van der Waals surface area contributed by atoms with Gasteiger partial charge in [0.2, 0.25) is 5.78 Å². The quantitative estimate of drug-likeness (QED) is 0.705. The molecule has 0 N–H and O–H groups in total. The van der Waals surface area contributed by atoms with Crippen LogP contribution in [0, 0.1) is 12.7 Å². The van der Waals surface area contributed by atoms with E-state index in [9.17, 15) is 9.18 Å². The number of halogens is 2. The fourth-order valence-electron chi connectivity index (χ4n) is 2.91. The van der Waals surface area contributed by atoms with Crippen LogP contribution in [0.1, 0.15) is 28.8 Å². The molecule has 26 heavy (non-hydrogen) atoms. The zero-order valence-corrected chi connectivity index (χ0v) is 15.5. The van der Waals surface area contributed by atoms with E-state index in [1.54, 1.807) is 12.1 Å². The highest BCUT2D eigenvalue weighted by Crippen LogP contribution is 2.30. The number of Topliss-reactive ketones (excluding diaryl/α,β-unsaturated/α-hetero) is 1. The zero-order valence-electron chi connectivity index (χ0n) is 14.8. The molecular formula is C20H20ClFN2O2. The number of amidine groups is 1. The van der Waals surface area contributed by atoms with Crippen LogP contribution in [-0.4, -0.2) is 36.7 Å². The summed E-state index contributed by atoms with van der Waals surface area (Å²) in [5.41, 5.74) is 1.92. The number of ether oxygens (including phenoxy) is 1. The van der Waals surface area contributed by atoms with Crippen molar-refractivity contribution in [3.8, 4) is 5.75 Å².